The number of hydrogen-bond donors (Lipinski definition) is 1. The van der Waals surface area contributed by atoms with Gasteiger partial charge in [0.15, 0.2) is 0 Å². The highest BCUT2D eigenvalue weighted by Crippen LogP contribution is 2.29. The van der Waals surface area contributed by atoms with Crippen molar-refractivity contribution in [2.24, 2.45) is 0 Å². The van der Waals surface area contributed by atoms with Crippen LogP contribution in [-0.2, 0) is 9.53 Å². The number of carbonyl (C=O) groups is 1. The minimum atomic E-state index is -0.229. The number of fused-ring (bicyclic) bond motifs is 1. The molecule has 2 heterocycles. The number of carbonyl (C=O) groups excluding carboxylic acids is 1. The summed E-state index contributed by atoms with van der Waals surface area (Å²) >= 11 is 7.44. The molecule has 0 radical (unpaired) electrons. The second-order valence-corrected chi connectivity index (χ2v) is 5.47. The van der Waals surface area contributed by atoms with Crippen molar-refractivity contribution in [1.82, 2.24) is 9.97 Å². The first-order chi connectivity index (χ1) is 9.10. The molecule has 0 unspecified atom stereocenters. The lowest BCUT2D eigenvalue weighted by atomic mass is 10.3. The Morgan fingerprint density at radius 3 is 3.05 bits per heavy atom. The standard InChI is InChI=1S/C12H14ClN3O2S/c1-3-18-9(17)4-5-14-10-8-6-7(2)19-11(8)16-12(13)15-10/h6H,3-5H2,1-2H3,(H,14,15,16). The minimum absolute atomic E-state index is 0.202. The fraction of sp³-hybridized carbons (Fsp3) is 0.417. The van der Waals surface area contributed by atoms with Crippen LogP contribution >= 0.6 is 22.9 Å². The smallest absolute Gasteiger partial charge is 0.307 e. The summed E-state index contributed by atoms with van der Waals surface area (Å²) in [5, 5.41) is 4.23. The number of thiophene rings is 1. The Balaban J connectivity index is 2.09. The molecule has 0 spiro atoms. The van der Waals surface area contributed by atoms with E-state index in [0.717, 1.165) is 15.1 Å². The molecule has 0 aromatic carbocycles. The maximum absolute atomic E-state index is 11.2. The molecule has 2 aromatic rings. The zero-order valence-electron chi connectivity index (χ0n) is 10.7. The molecule has 0 fully saturated rings. The molecular formula is C12H14ClN3O2S. The van der Waals surface area contributed by atoms with Crippen LogP contribution in [0.25, 0.3) is 10.2 Å². The van der Waals surface area contributed by atoms with Gasteiger partial charge in [-0.2, -0.15) is 0 Å². The van der Waals surface area contributed by atoms with Crippen molar-refractivity contribution < 1.29 is 9.53 Å². The third-order valence-corrected chi connectivity index (χ3v) is 3.53. The number of nitrogens with zero attached hydrogens (tertiary/aromatic N) is 2. The van der Waals surface area contributed by atoms with Crippen LogP contribution < -0.4 is 5.32 Å². The summed E-state index contributed by atoms with van der Waals surface area (Å²) in [6.07, 6.45) is 0.292. The average Bonchev–Trinajstić information content (AvgIpc) is 2.69. The number of nitrogens with one attached hydrogen (secondary N) is 1. The highest BCUT2D eigenvalue weighted by molar-refractivity contribution is 7.18. The molecule has 0 aliphatic heterocycles. The van der Waals surface area contributed by atoms with E-state index in [1.54, 1.807) is 18.3 Å². The van der Waals surface area contributed by atoms with Crippen molar-refractivity contribution in [2.45, 2.75) is 20.3 Å². The Bertz CT molecular complexity index is 600. The Morgan fingerprint density at radius 1 is 1.53 bits per heavy atom. The maximum Gasteiger partial charge on any atom is 0.307 e. The molecule has 19 heavy (non-hydrogen) atoms. The maximum atomic E-state index is 11.2. The van der Waals surface area contributed by atoms with Gasteiger partial charge in [0.2, 0.25) is 5.28 Å². The van der Waals surface area contributed by atoms with Gasteiger partial charge in [-0.3, -0.25) is 4.79 Å². The van der Waals surface area contributed by atoms with E-state index in [1.165, 1.54) is 0 Å². The number of aromatic nitrogens is 2. The van der Waals surface area contributed by atoms with Crippen LogP contribution in [-0.4, -0.2) is 29.1 Å². The lowest BCUT2D eigenvalue weighted by Gasteiger charge is -2.06. The average molecular weight is 300 g/mol. The molecule has 0 saturated heterocycles. The van der Waals surface area contributed by atoms with Gasteiger partial charge < -0.3 is 10.1 Å². The van der Waals surface area contributed by atoms with Crippen LogP contribution in [0.5, 0.6) is 0 Å². The summed E-state index contributed by atoms with van der Waals surface area (Å²) in [6, 6.07) is 2.00. The first kappa shape index (κ1) is 14.0. The summed E-state index contributed by atoms with van der Waals surface area (Å²) in [4.78, 5) is 21.6. The number of ether oxygens (including phenoxy) is 1. The van der Waals surface area contributed by atoms with Crippen LogP contribution in [0, 0.1) is 6.92 Å². The Morgan fingerprint density at radius 2 is 2.32 bits per heavy atom. The van der Waals surface area contributed by atoms with Gasteiger partial charge in [-0.05, 0) is 31.5 Å². The normalized spacial score (nSPS) is 10.7. The molecule has 1 N–H and O–H groups in total. The predicted molar refractivity (Wildman–Crippen MR) is 76.9 cm³/mol. The van der Waals surface area contributed by atoms with E-state index in [1.807, 2.05) is 13.0 Å². The molecule has 0 bridgehead atoms. The molecule has 0 amide bonds. The molecule has 5 nitrogen and oxygen atoms in total. The van der Waals surface area contributed by atoms with Crippen molar-refractivity contribution in [2.75, 3.05) is 18.5 Å². The second kappa shape index (κ2) is 6.16. The molecule has 0 aliphatic carbocycles. The zero-order chi connectivity index (χ0) is 13.8. The number of halogens is 1. The van der Waals surface area contributed by atoms with Crippen molar-refractivity contribution in [3.05, 3.63) is 16.2 Å². The van der Waals surface area contributed by atoms with Crippen molar-refractivity contribution >= 4 is 44.9 Å². The Kier molecular flexibility index (Phi) is 4.55. The van der Waals surface area contributed by atoms with E-state index in [4.69, 9.17) is 16.3 Å². The van der Waals surface area contributed by atoms with Crippen LogP contribution in [0.15, 0.2) is 6.07 Å². The van der Waals surface area contributed by atoms with Crippen LogP contribution in [0.3, 0.4) is 0 Å². The molecule has 102 valence electrons. The van der Waals surface area contributed by atoms with Gasteiger partial charge >= 0.3 is 5.97 Å². The topological polar surface area (TPSA) is 64.1 Å². The molecular weight excluding hydrogens is 286 g/mol. The summed E-state index contributed by atoms with van der Waals surface area (Å²) in [7, 11) is 0. The summed E-state index contributed by atoms with van der Waals surface area (Å²) in [6.45, 7) is 4.64. The first-order valence-corrected chi connectivity index (χ1v) is 7.12. The fourth-order valence-corrected chi connectivity index (χ4v) is 2.77. The largest absolute Gasteiger partial charge is 0.466 e. The Labute approximate surface area is 120 Å². The van der Waals surface area contributed by atoms with E-state index >= 15 is 0 Å². The zero-order valence-corrected chi connectivity index (χ0v) is 12.3. The molecule has 0 atom stereocenters. The SMILES string of the molecule is CCOC(=O)CCNc1nc(Cl)nc2sc(C)cc12. The molecule has 2 rings (SSSR count). The van der Waals surface area contributed by atoms with Gasteiger partial charge in [-0.1, -0.05) is 0 Å². The number of rotatable bonds is 5. The molecule has 0 aliphatic rings. The van der Waals surface area contributed by atoms with Gasteiger partial charge in [0, 0.05) is 11.4 Å². The van der Waals surface area contributed by atoms with Gasteiger partial charge in [0.1, 0.15) is 10.6 Å². The van der Waals surface area contributed by atoms with Crippen molar-refractivity contribution in [1.29, 1.82) is 0 Å². The summed E-state index contributed by atoms with van der Waals surface area (Å²) in [5.41, 5.74) is 0. The second-order valence-electron chi connectivity index (χ2n) is 3.90. The monoisotopic (exact) mass is 299 g/mol. The Hall–Kier alpha value is -1.40. The van der Waals surface area contributed by atoms with Gasteiger partial charge in [-0.25, -0.2) is 9.97 Å². The van der Waals surface area contributed by atoms with Gasteiger partial charge in [0.25, 0.3) is 0 Å². The number of anilines is 1. The highest BCUT2D eigenvalue weighted by atomic mass is 35.5. The summed E-state index contributed by atoms with van der Waals surface area (Å²) in [5.74, 6) is 0.427. The van der Waals surface area contributed by atoms with E-state index in [-0.39, 0.29) is 11.3 Å². The quantitative estimate of drug-likeness (QED) is 0.679. The fourth-order valence-electron chi connectivity index (χ4n) is 1.67. The summed E-state index contributed by atoms with van der Waals surface area (Å²) < 4.78 is 4.86. The lowest BCUT2D eigenvalue weighted by molar-refractivity contribution is -0.142. The third-order valence-electron chi connectivity index (χ3n) is 2.42. The van der Waals surface area contributed by atoms with E-state index < -0.39 is 0 Å². The van der Waals surface area contributed by atoms with E-state index in [9.17, 15) is 4.79 Å². The van der Waals surface area contributed by atoms with E-state index in [2.05, 4.69) is 15.3 Å². The number of aryl methyl sites for hydroxylation is 1. The van der Waals surface area contributed by atoms with Crippen LogP contribution in [0.2, 0.25) is 5.28 Å². The van der Waals surface area contributed by atoms with Crippen molar-refractivity contribution in [3.63, 3.8) is 0 Å². The van der Waals surface area contributed by atoms with Crippen LogP contribution in [0.4, 0.5) is 5.82 Å². The molecule has 2 aromatic heterocycles. The molecule has 0 saturated carbocycles. The first-order valence-electron chi connectivity index (χ1n) is 5.93. The van der Waals surface area contributed by atoms with Crippen molar-refractivity contribution in [3.8, 4) is 0 Å². The third kappa shape index (κ3) is 3.54. The highest BCUT2D eigenvalue weighted by Gasteiger charge is 2.10. The number of esters is 1. The molecule has 7 heteroatoms. The van der Waals surface area contributed by atoms with E-state index in [0.29, 0.717) is 25.4 Å². The lowest BCUT2D eigenvalue weighted by Crippen LogP contribution is -2.12. The number of hydrogen-bond acceptors (Lipinski definition) is 6. The van der Waals surface area contributed by atoms with Gasteiger partial charge in [-0.15, -0.1) is 11.3 Å². The minimum Gasteiger partial charge on any atom is -0.466 e. The predicted octanol–water partition coefficient (Wildman–Crippen LogP) is 3.02. The van der Waals surface area contributed by atoms with Crippen LogP contribution in [0.1, 0.15) is 18.2 Å². The van der Waals surface area contributed by atoms with Gasteiger partial charge in [0.05, 0.1) is 18.4 Å².